The Kier molecular flexibility index (Phi) is 4.48. The minimum absolute atomic E-state index is 0.230. The van der Waals surface area contributed by atoms with Crippen LogP contribution in [0.3, 0.4) is 0 Å². The van der Waals surface area contributed by atoms with Crippen LogP contribution in [0, 0.1) is 0 Å². The molecule has 0 spiro atoms. The smallest absolute Gasteiger partial charge is 0.123 e. The monoisotopic (exact) mass is 290 g/mol. The molecular weight excluding hydrogens is 264 g/mol. The van der Waals surface area contributed by atoms with Gasteiger partial charge in [-0.1, -0.05) is 6.07 Å². The second-order valence-corrected chi connectivity index (χ2v) is 6.34. The minimum Gasteiger partial charge on any atom is -0.496 e. The number of aryl methyl sites for hydroxylation is 2. The van der Waals surface area contributed by atoms with Crippen LogP contribution in [-0.2, 0) is 19.4 Å². The molecule has 3 rings (SSSR count). The van der Waals surface area contributed by atoms with E-state index in [1.165, 1.54) is 36.0 Å². The van der Waals surface area contributed by atoms with E-state index < -0.39 is 0 Å². The van der Waals surface area contributed by atoms with Gasteiger partial charge in [-0.15, -0.1) is 0 Å². The van der Waals surface area contributed by atoms with Crippen LogP contribution < -0.4 is 4.74 Å². The Labute approximate surface area is 127 Å². The second-order valence-electron chi connectivity index (χ2n) is 6.34. The third-order valence-electron chi connectivity index (χ3n) is 4.96. The van der Waals surface area contributed by atoms with Gasteiger partial charge in [-0.05, 0) is 43.5 Å². The molecule has 1 unspecified atom stereocenters. The van der Waals surface area contributed by atoms with Gasteiger partial charge >= 0.3 is 0 Å². The number of benzene rings is 1. The Morgan fingerprint density at radius 2 is 2.00 bits per heavy atom. The van der Waals surface area contributed by atoms with Crippen molar-refractivity contribution in [3.63, 3.8) is 0 Å². The molecule has 0 saturated carbocycles. The van der Waals surface area contributed by atoms with Crippen LogP contribution in [-0.4, -0.2) is 61.3 Å². The van der Waals surface area contributed by atoms with Gasteiger partial charge in [-0.3, -0.25) is 9.80 Å². The van der Waals surface area contributed by atoms with Gasteiger partial charge in [0.25, 0.3) is 0 Å². The van der Waals surface area contributed by atoms with Crippen LogP contribution >= 0.6 is 0 Å². The van der Waals surface area contributed by atoms with Crippen molar-refractivity contribution in [2.24, 2.45) is 0 Å². The van der Waals surface area contributed by atoms with Crippen molar-refractivity contribution in [3.8, 4) is 5.75 Å². The molecule has 0 radical (unpaired) electrons. The van der Waals surface area contributed by atoms with Gasteiger partial charge in [0.1, 0.15) is 5.75 Å². The van der Waals surface area contributed by atoms with E-state index in [0.717, 1.165) is 31.9 Å². The largest absolute Gasteiger partial charge is 0.496 e. The lowest BCUT2D eigenvalue weighted by atomic mass is 10.0. The summed E-state index contributed by atoms with van der Waals surface area (Å²) in [5.41, 5.74) is 4.25. The summed E-state index contributed by atoms with van der Waals surface area (Å²) in [5.74, 6) is 1.02. The van der Waals surface area contributed by atoms with E-state index in [9.17, 15) is 5.11 Å². The maximum Gasteiger partial charge on any atom is 0.123 e. The van der Waals surface area contributed by atoms with Gasteiger partial charge in [0, 0.05) is 37.8 Å². The second kappa shape index (κ2) is 6.34. The quantitative estimate of drug-likeness (QED) is 0.906. The Morgan fingerprint density at radius 3 is 2.71 bits per heavy atom. The average molecular weight is 290 g/mol. The van der Waals surface area contributed by atoms with Crippen LogP contribution in [0.15, 0.2) is 12.1 Å². The number of aliphatic hydroxyl groups excluding tert-OH is 1. The number of aliphatic hydroxyl groups is 1. The van der Waals surface area contributed by atoms with E-state index in [1.54, 1.807) is 7.11 Å². The Morgan fingerprint density at radius 1 is 1.24 bits per heavy atom. The molecule has 1 aromatic rings. The number of fused-ring (bicyclic) bond motifs is 1. The molecule has 0 aromatic heterocycles. The molecule has 1 atom stereocenters. The zero-order valence-corrected chi connectivity index (χ0v) is 13.1. The number of rotatable bonds is 4. The van der Waals surface area contributed by atoms with Crippen molar-refractivity contribution >= 4 is 0 Å². The summed E-state index contributed by atoms with van der Waals surface area (Å²) in [5, 5.41) is 9.48. The zero-order valence-electron chi connectivity index (χ0n) is 13.1. The molecule has 1 N–H and O–H groups in total. The van der Waals surface area contributed by atoms with Crippen molar-refractivity contribution in [1.29, 1.82) is 0 Å². The summed E-state index contributed by atoms with van der Waals surface area (Å²) in [6.07, 6.45) is 3.66. The first-order chi connectivity index (χ1) is 10.2. The normalized spacial score (nSPS) is 23.3. The fourth-order valence-electron chi connectivity index (χ4n) is 3.56. The van der Waals surface area contributed by atoms with Crippen molar-refractivity contribution in [2.75, 3.05) is 40.4 Å². The molecule has 1 aliphatic carbocycles. The molecule has 1 saturated heterocycles. The van der Waals surface area contributed by atoms with Gasteiger partial charge in [-0.25, -0.2) is 0 Å². The highest BCUT2D eigenvalue weighted by molar-refractivity contribution is 5.44. The van der Waals surface area contributed by atoms with Crippen molar-refractivity contribution < 1.29 is 9.84 Å². The standard InChI is InChI=1S/C17H26N2O2/c1-18-6-7-19(11-16(18)12-20)10-15-8-13-4-3-5-14(13)9-17(15)21-2/h8-9,16,20H,3-7,10-12H2,1-2H3. The lowest BCUT2D eigenvalue weighted by Crippen LogP contribution is -2.52. The summed E-state index contributed by atoms with van der Waals surface area (Å²) >= 11 is 0. The van der Waals surface area contributed by atoms with Crippen LogP contribution in [0.4, 0.5) is 0 Å². The predicted octanol–water partition coefficient (Wildman–Crippen LogP) is 1.29. The lowest BCUT2D eigenvalue weighted by molar-refractivity contribution is 0.0536. The summed E-state index contributed by atoms with van der Waals surface area (Å²) < 4.78 is 5.60. The molecule has 1 fully saturated rings. The summed E-state index contributed by atoms with van der Waals surface area (Å²) in [6, 6.07) is 4.82. The number of nitrogens with zero attached hydrogens (tertiary/aromatic N) is 2. The van der Waals surface area contributed by atoms with Crippen LogP contribution in [0.2, 0.25) is 0 Å². The van der Waals surface area contributed by atoms with Crippen LogP contribution in [0.1, 0.15) is 23.1 Å². The van der Waals surface area contributed by atoms with E-state index in [4.69, 9.17) is 4.74 Å². The van der Waals surface area contributed by atoms with Crippen LogP contribution in [0.5, 0.6) is 5.75 Å². The van der Waals surface area contributed by atoms with Crippen LogP contribution in [0.25, 0.3) is 0 Å². The number of ether oxygens (including phenoxy) is 1. The van der Waals surface area contributed by atoms with E-state index in [1.807, 2.05) is 0 Å². The van der Waals surface area contributed by atoms with E-state index >= 15 is 0 Å². The average Bonchev–Trinajstić information content (AvgIpc) is 2.95. The number of methoxy groups -OCH3 is 1. The topological polar surface area (TPSA) is 35.9 Å². The first-order valence-corrected chi connectivity index (χ1v) is 7.93. The minimum atomic E-state index is 0.230. The van der Waals surface area contributed by atoms with Gasteiger partial charge < -0.3 is 9.84 Å². The maximum absolute atomic E-state index is 9.48. The first kappa shape index (κ1) is 14.8. The number of hydrogen-bond acceptors (Lipinski definition) is 4. The SMILES string of the molecule is COc1cc2c(cc1CN1CCN(C)C(CO)C1)CCC2. The summed E-state index contributed by atoms with van der Waals surface area (Å²) in [4.78, 5) is 4.68. The number of likely N-dealkylation sites (N-methyl/N-ethyl adjacent to an activating group) is 1. The molecule has 1 heterocycles. The Bertz CT molecular complexity index is 504. The summed E-state index contributed by atoms with van der Waals surface area (Å²) in [7, 11) is 3.86. The molecule has 0 bridgehead atoms. The number of hydrogen-bond donors (Lipinski definition) is 1. The van der Waals surface area contributed by atoms with Gasteiger partial charge in [0.2, 0.25) is 0 Å². The third kappa shape index (κ3) is 3.07. The van der Waals surface area contributed by atoms with Crippen molar-refractivity contribution in [1.82, 2.24) is 9.80 Å². The molecule has 1 aromatic carbocycles. The molecule has 4 nitrogen and oxygen atoms in total. The Balaban J connectivity index is 1.75. The predicted molar refractivity (Wildman–Crippen MR) is 83.8 cm³/mol. The fraction of sp³-hybridized carbons (Fsp3) is 0.647. The first-order valence-electron chi connectivity index (χ1n) is 7.93. The van der Waals surface area contributed by atoms with Gasteiger partial charge in [0.15, 0.2) is 0 Å². The summed E-state index contributed by atoms with van der Waals surface area (Å²) in [6.45, 7) is 4.13. The van der Waals surface area contributed by atoms with E-state index in [0.29, 0.717) is 0 Å². The van der Waals surface area contributed by atoms with Crippen molar-refractivity contribution in [3.05, 3.63) is 28.8 Å². The zero-order chi connectivity index (χ0) is 14.8. The van der Waals surface area contributed by atoms with Gasteiger partial charge in [0.05, 0.1) is 13.7 Å². The molecule has 116 valence electrons. The molecule has 0 amide bonds. The molecule has 1 aliphatic heterocycles. The molecule has 21 heavy (non-hydrogen) atoms. The molecular formula is C17H26N2O2. The fourth-order valence-corrected chi connectivity index (χ4v) is 3.56. The highest BCUT2D eigenvalue weighted by Crippen LogP contribution is 2.31. The van der Waals surface area contributed by atoms with Gasteiger partial charge in [-0.2, -0.15) is 0 Å². The third-order valence-corrected chi connectivity index (χ3v) is 4.96. The van der Waals surface area contributed by atoms with E-state index in [-0.39, 0.29) is 12.6 Å². The highest BCUT2D eigenvalue weighted by atomic mass is 16.5. The van der Waals surface area contributed by atoms with E-state index in [2.05, 4.69) is 29.0 Å². The van der Waals surface area contributed by atoms with Crippen molar-refractivity contribution in [2.45, 2.75) is 31.8 Å². The molecule has 2 aliphatic rings. The maximum atomic E-state index is 9.48. The molecule has 4 heteroatoms. The lowest BCUT2D eigenvalue weighted by Gasteiger charge is -2.38. The highest BCUT2D eigenvalue weighted by Gasteiger charge is 2.25. The Hall–Kier alpha value is -1.10. The number of piperazine rings is 1.